The van der Waals surface area contributed by atoms with Gasteiger partial charge in [-0.25, -0.2) is 0 Å². The normalized spacial score (nSPS) is 15.1. The minimum absolute atomic E-state index is 0.892. The second-order valence-electron chi connectivity index (χ2n) is 5.95. The fourth-order valence-corrected chi connectivity index (χ4v) is 3.38. The third-order valence-electron chi connectivity index (χ3n) is 3.98. The lowest BCUT2D eigenvalue weighted by atomic mass is 10.2. The highest BCUT2D eigenvalue weighted by atomic mass is 32.1. The van der Waals surface area contributed by atoms with Gasteiger partial charge < -0.3 is 5.32 Å². The molecule has 0 saturated heterocycles. The van der Waals surface area contributed by atoms with Gasteiger partial charge in [0.2, 0.25) is 0 Å². The molecule has 2 nitrogen and oxygen atoms in total. The number of hydrogen-bond donors (Lipinski definition) is 1. The molecular weight excluding hydrogens is 264 g/mol. The van der Waals surface area contributed by atoms with Gasteiger partial charge in [-0.1, -0.05) is 25.8 Å². The first-order chi connectivity index (χ1) is 9.90. The van der Waals surface area contributed by atoms with Crippen molar-refractivity contribution in [2.24, 2.45) is 0 Å². The van der Waals surface area contributed by atoms with Gasteiger partial charge in [0.05, 0.1) is 0 Å². The first-order valence-corrected chi connectivity index (χ1v) is 9.25. The van der Waals surface area contributed by atoms with Crippen molar-refractivity contribution in [1.82, 2.24) is 10.2 Å². The molecule has 1 fully saturated rings. The van der Waals surface area contributed by atoms with E-state index >= 15 is 0 Å². The Balaban J connectivity index is 1.52. The average Bonchev–Trinajstić information content (AvgIpc) is 3.18. The zero-order chi connectivity index (χ0) is 14.0. The number of unbranched alkanes of at least 4 members (excludes halogenated alkanes) is 3. The van der Waals surface area contributed by atoms with Crippen LogP contribution >= 0.6 is 11.3 Å². The van der Waals surface area contributed by atoms with Crippen LogP contribution in [0.1, 0.15) is 56.7 Å². The van der Waals surface area contributed by atoms with Crippen molar-refractivity contribution in [3.8, 4) is 0 Å². The molecule has 1 aliphatic carbocycles. The van der Waals surface area contributed by atoms with E-state index < -0.39 is 0 Å². The molecule has 1 aromatic rings. The molecule has 0 atom stereocenters. The number of rotatable bonds is 12. The van der Waals surface area contributed by atoms with Gasteiger partial charge in [-0.15, -0.1) is 11.3 Å². The van der Waals surface area contributed by atoms with Crippen molar-refractivity contribution >= 4 is 11.3 Å². The molecule has 0 aliphatic heterocycles. The standard InChI is InChI=1S/C17H30N2S/c1-2-11-18-12-5-3-4-6-13-19(16-9-10-16)15-17-8-7-14-20-17/h7-8,14,16,18H,2-6,9-13,15H2,1H3. The number of nitrogens with one attached hydrogen (secondary N) is 1. The smallest absolute Gasteiger partial charge is 0.0330 e. The molecule has 0 aromatic carbocycles. The summed E-state index contributed by atoms with van der Waals surface area (Å²) in [6.07, 6.45) is 9.58. The highest BCUT2D eigenvalue weighted by Gasteiger charge is 2.28. The van der Waals surface area contributed by atoms with E-state index in [1.165, 1.54) is 76.0 Å². The molecule has 0 spiro atoms. The van der Waals surface area contributed by atoms with Crippen LogP contribution in [0.25, 0.3) is 0 Å². The van der Waals surface area contributed by atoms with Crippen LogP contribution < -0.4 is 5.32 Å². The first kappa shape index (κ1) is 16.0. The molecule has 1 aromatic heterocycles. The summed E-state index contributed by atoms with van der Waals surface area (Å²) >= 11 is 1.90. The fourth-order valence-electron chi connectivity index (χ4n) is 2.65. The van der Waals surface area contributed by atoms with E-state index in [0.717, 1.165) is 6.04 Å². The highest BCUT2D eigenvalue weighted by Crippen LogP contribution is 2.29. The maximum atomic E-state index is 3.48. The maximum absolute atomic E-state index is 3.48. The lowest BCUT2D eigenvalue weighted by Gasteiger charge is -2.21. The van der Waals surface area contributed by atoms with Crippen molar-refractivity contribution in [2.75, 3.05) is 19.6 Å². The molecule has 1 N–H and O–H groups in total. The summed E-state index contributed by atoms with van der Waals surface area (Å²) in [5.74, 6) is 0. The third-order valence-corrected chi connectivity index (χ3v) is 4.84. The molecule has 0 unspecified atom stereocenters. The van der Waals surface area contributed by atoms with Crippen LogP contribution in [-0.4, -0.2) is 30.6 Å². The van der Waals surface area contributed by atoms with E-state index in [9.17, 15) is 0 Å². The summed E-state index contributed by atoms with van der Waals surface area (Å²) < 4.78 is 0. The minimum atomic E-state index is 0.892. The Labute approximate surface area is 128 Å². The van der Waals surface area contributed by atoms with Crippen LogP contribution in [0.5, 0.6) is 0 Å². The number of hydrogen-bond acceptors (Lipinski definition) is 3. The number of thiophene rings is 1. The van der Waals surface area contributed by atoms with Crippen molar-refractivity contribution in [1.29, 1.82) is 0 Å². The summed E-state index contributed by atoms with van der Waals surface area (Å²) in [6, 6.07) is 5.34. The fraction of sp³-hybridized carbons (Fsp3) is 0.765. The van der Waals surface area contributed by atoms with Gasteiger partial charge in [-0.2, -0.15) is 0 Å². The Morgan fingerprint density at radius 2 is 2.05 bits per heavy atom. The first-order valence-electron chi connectivity index (χ1n) is 8.37. The molecule has 114 valence electrons. The van der Waals surface area contributed by atoms with Gasteiger partial charge in [0.1, 0.15) is 0 Å². The van der Waals surface area contributed by atoms with Crippen LogP contribution in [0, 0.1) is 0 Å². The van der Waals surface area contributed by atoms with E-state index in [1.807, 2.05) is 11.3 Å². The van der Waals surface area contributed by atoms with Gasteiger partial charge >= 0.3 is 0 Å². The van der Waals surface area contributed by atoms with Gasteiger partial charge in [-0.3, -0.25) is 4.90 Å². The van der Waals surface area contributed by atoms with E-state index in [4.69, 9.17) is 0 Å². The molecule has 2 rings (SSSR count). The topological polar surface area (TPSA) is 15.3 Å². The van der Waals surface area contributed by atoms with Crippen molar-refractivity contribution < 1.29 is 0 Å². The SMILES string of the molecule is CCCNCCCCCCN(Cc1cccs1)C1CC1. The molecular formula is C17H30N2S. The van der Waals surface area contributed by atoms with Gasteiger partial charge in [0.15, 0.2) is 0 Å². The Morgan fingerprint density at radius 1 is 1.20 bits per heavy atom. The largest absolute Gasteiger partial charge is 0.317 e. The average molecular weight is 295 g/mol. The second-order valence-corrected chi connectivity index (χ2v) is 6.98. The summed E-state index contributed by atoms with van der Waals surface area (Å²) in [7, 11) is 0. The van der Waals surface area contributed by atoms with Crippen LogP contribution in [0.15, 0.2) is 17.5 Å². The maximum Gasteiger partial charge on any atom is 0.0330 e. The monoisotopic (exact) mass is 294 g/mol. The quantitative estimate of drug-likeness (QED) is 0.579. The second kappa shape index (κ2) is 9.54. The molecule has 0 amide bonds. The van der Waals surface area contributed by atoms with E-state index in [0.29, 0.717) is 0 Å². The molecule has 1 saturated carbocycles. The highest BCUT2D eigenvalue weighted by molar-refractivity contribution is 7.09. The molecule has 1 aliphatic rings. The summed E-state index contributed by atoms with van der Waals surface area (Å²) in [5.41, 5.74) is 0. The predicted octanol–water partition coefficient (Wildman–Crippen LogP) is 4.27. The Morgan fingerprint density at radius 3 is 2.75 bits per heavy atom. The third kappa shape index (κ3) is 6.38. The lowest BCUT2D eigenvalue weighted by molar-refractivity contribution is 0.250. The van der Waals surface area contributed by atoms with Crippen LogP contribution in [0.2, 0.25) is 0 Å². The van der Waals surface area contributed by atoms with Gasteiger partial charge in [-0.05, 0) is 63.2 Å². The van der Waals surface area contributed by atoms with Crippen molar-refractivity contribution in [3.05, 3.63) is 22.4 Å². The van der Waals surface area contributed by atoms with Crippen LogP contribution in [0.4, 0.5) is 0 Å². The van der Waals surface area contributed by atoms with Crippen LogP contribution in [-0.2, 0) is 6.54 Å². The molecule has 20 heavy (non-hydrogen) atoms. The molecule has 0 radical (unpaired) electrons. The Bertz CT molecular complexity index is 333. The van der Waals surface area contributed by atoms with Gasteiger partial charge in [0, 0.05) is 17.5 Å². The van der Waals surface area contributed by atoms with Crippen molar-refractivity contribution in [2.45, 2.75) is 64.5 Å². The lowest BCUT2D eigenvalue weighted by Crippen LogP contribution is -2.26. The van der Waals surface area contributed by atoms with Crippen LogP contribution in [0.3, 0.4) is 0 Å². The van der Waals surface area contributed by atoms with E-state index in [1.54, 1.807) is 0 Å². The Hall–Kier alpha value is -0.380. The van der Waals surface area contributed by atoms with Gasteiger partial charge in [0.25, 0.3) is 0 Å². The van der Waals surface area contributed by atoms with E-state index in [2.05, 4.69) is 34.7 Å². The molecule has 3 heteroatoms. The summed E-state index contributed by atoms with van der Waals surface area (Å²) in [6.45, 7) is 7.09. The predicted molar refractivity (Wildman–Crippen MR) is 89.4 cm³/mol. The zero-order valence-corrected chi connectivity index (χ0v) is 13.8. The summed E-state index contributed by atoms with van der Waals surface area (Å²) in [5, 5.41) is 5.68. The molecule has 1 heterocycles. The van der Waals surface area contributed by atoms with E-state index in [-0.39, 0.29) is 0 Å². The summed E-state index contributed by atoms with van der Waals surface area (Å²) in [4.78, 5) is 4.24. The number of nitrogens with zero attached hydrogens (tertiary/aromatic N) is 1. The van der Waals surface area contributed by atoms with Crippen molar-refractivity contribution in [3.63, 3.8) is 0 Å². The Kier molecular flexibility index (Phi) is 7.63. The zero-order valence-electron chi connectivity index (χ0n) is 12.9. The minimum Gasteiger partial charge on any atom is -0.317 e. The molecule has 0 bridgehead atoms.